The Morgan fingerprint density at radius 1 is 0.596 bits per heavy atom. The zero-order valence-electron chi connectivity index (χ0n) is 31.9. The van der Waals surface area contributed by atoms with E-state index in [-0.39, 0.29) is 42.1 Å². The van der Waals surface area contributed by atoms with Crippen LogP contribution in [0, 0.1) is 0 Å². The van der Waals surface area contributed by atoms with Crippen molar-refractivity contribution in [3.63, 3.8) is 0 Å². The number of rotatable bonds is 16. The van der Waals surface area contributed by atoms with Gasteiger partial charge in [-0.1, -0.05) is 139 Å². The molecule has 47 heavy (non-hydrogen) atoms. The minimum Gasteiger partial charge on any atom is -0.209 e. The van der Waals surface area contributed by atoms with Gasteiger partial charge in [-0.3, -0.25) is 0 Å². The minimum atomic E-state index is -4.07. The highest BCUT2D eigenvalue weighted by molar-refractivity contribution is 7.90. The maximum atomic E-state index is 14.5. The van der Waals surface area contributed by atoms with Crippen LogP contribution in [0.1, 0.15) is 152 Å². The largest absolute Gasteiger partial charge is 0.241 e. The maximum absolute atomic E-state index is 14.5. The molecule has 2 aromatic rings. The monoisotopic (exact) mass is 704 g/mol. The van der Waals surface area contributed by atoms with Crippen molar-refractivity contribution in [3.8, 4) is 0 Å². The van der Waals surface area contributed by atoms with E-state index in [9.17, 15) is 16.8 Å². The Morgan fingerprint density at radius 2 is 0.915 bits per heavy atom. The van der Waals surface area contributed by atoms with Gasteiger partial charge in [0.05, 0.1) is 15.8 Å². The lowest BCUT2D eigenvalue weighted by Crippen LogP contribution is -2.46. The summed E-state index contributed by atoms with van der Waals surface area (Å²) in [5, 5.41) is 0. The van der Waals surface area contributed by atoms with E-state index in [1.165, 1.54) is 0 Å². The highest BCUT2D eigenvalue weighted by Gasteiger charge is 2.33. The van der Waals surface area contributed by atoms with Gasteiger partial charge in [-0.25, -0.2) is 26.3 Å². The number of hydrogen-bond acceptors (Lipinski definition) is 4. The predicted octanol–water partition coefficient (Wildman–Crippen LogP) is 9.95. The molecule has 1 atom stereocenters. The Hall–Kier alpha value is -1.78. The molecule has 0 heterocycles. The van der Waals surface area contributed by atoms with Crippen LogP contribution in [0.3, 0.4) is 0 Å². The van der Waals surface area contributed by atoms with E-state index < -0.39 is 34.2 Å². The average molecular weight is 705 g/mol. The molecule has 0 aliphatic heterocycles. The molecule has 2 aromatic carbocycles. The Labute approximate surface area is 289 Å². The first-order valence-electron chi connectivity index (χ1n) is 17.4. The third-order valence-corrected chi connectivity index (χ3v) is 13.4. The topological polar surface area (TPSA) is 92.3 Å². The maximum Gasteiger partial charge on any atom is 0.241 e. The third-order valence-electron chi connectivity index (χ3n) is 8.72. The SMILES string of the molecule is C=C(C[Si](C)(C)C)C(CNS(=O)(=O)c1c(C(C)C)cc(C(C)C)cc1C(C)C)NS(=O)(=O)c1c(C(C)C)cc(C(C)C)cc1C(C)C. The van der Waals surface area contributed by atoms with Crippen LogP contribution in [0.25, 0.3) is 0 Å². The van der Waals surface area contributed by atoms with Gasteiger partial charge in [0.25, 0.3) is 0 Å². The molecule has 0 saturated carbocycles. The standard InChI is InChI=1S/C38H64N2O4S2Si/c1-23(2)30-17-32(25(5)6)37(33(18-30)26(7)8)45(41,42)39-21-36(29(13)22-47(14,15)16)40-46(43,44)38-34(27(9)10)19-31(24(3)4)20-35(38)28(11)12/h17-20,23-28,36,39-40H,13,21-22H2,1-12,14-16H3. The summed E-state index contributed by atoms with van der Waals surface area (Å²) in [7, 11) is -9.82. The fourth-order valence-corrected chi connectivity index (χ4v) is 11.3. The molecule has 9 heteroatoms. The van der Waals surface area contributed by atoms with Gasteiger partial charge in [0.2, 0.25) is 20.0 Å². The smallest absolute Gasteiger partial charge is 0.209 e. The molecular formula is C38H64N2O4S2Si. The van der Waals surface area contributed by atoms with Crippen molar-refractivity contribution in [2.24, 2.45) is 0 Å². The first-order chi connectivity index (χ1) is 21.3. The first-order valence-corrected chi connectivity index (χ1v) is 24.0. The van der Waals surface area contributed by atoms with Crippen LogP contribution >= 0.6 is 0 Å². The van der Waals surface area contributed by atoms with Crippen LogP contribution < -0.4 is 9.44 Å². The molecule has 1 unspecified atom stereocenters. The summed E-state index contributed by atoms with van der Waals surface area (Å²) in [5.74, 6) is 0.391. The molecular weight excluding hydrogens is 641 g/mol. The summed E-state index contributed by atoms with van der Waals surface area (Å²) >= 11 is 0. The van der Waals surface area contributed by atoms with E-state index in [4.69, 9.17) is 0 Å². The molecule has 0 aromatic heterocycles. The second-order valence-electron chi connectivity index (χ2n) is 16.4. The molecule has 0 aliphatic carbocycles. The molecule has 0 fully saturated rings. The zero-order chi connectivity index (χ0) is 36.4. The molecule has 0 aliphatic rings. The lowest BCUT2D eigenvalue weighted by atomic mass is 9.89. The summed E-state index contributed by atoms with van der Waals surface area (Å²) < 4.78 is 63.4. The fraction of sp³-hybridized carbons (Fsp3) is 0.632. The minimum absolute atomic E-state index is 0.0216. The van der Waals surface area contributed by atoms with E-state index in [2.05, 4.69) is 63.4 Å². The van der Waals surface area contributed by atoms with Crippen molar-refractivity contribution < 1.29 is 16.8 Å². The molecule has 0 spiro atoms. The summed E-state index contributed by atoms with van der Waals surface area (Å²) in [6, 6.07) is 7.90. The van der Waals surface area contributed by atoms with Crippen molar-refractivity contribution in [1.82, 2.24) is 9.44 Å². The first kappa shape index (κ1) is 41.4. The lowest BCUT2D eigenvalue weighted by Gasteiger charge is -2.29. The van der Waals surface area contributed by atoms with Crippen molar-refractivity contribution in [2.45, 2.75) is 160 Å². The van der Waals surface area contributed by atoms with Gasteiger partial charge >= 0.3 is 0 Å². The Morgan fingerprint density at radius 3 is 1.19 bits per heavy atom. The van der Waals surface area contributed by atoms with Crippen LogP contribution in [-0.2, 0) is 20.0 Å². The number of sulfonamides is 2. The summed E-state index contributed by atoms with van der Waals surface area (Å²) in [4.78, 5) is 0.604. The van der Waals surface area contributed by atoms with Gasteiger partial charge in [0.15, 0.2) is 0 Å². The van der Waals surface area contributed by atoms with Gasteiger partial charge in [-0.05, 0) is 74.9 Å². The molecule has 0 radical (unpaired) electrons. The average Bonchev–Trinajstić information content (AvgIpc) is 2.92. The van der Waals surface area contributed by atoms with E-state index in [0.29, 0.717) is 21.4 Å². The summed E-state index contributed by atoms with van der Waals surface area (Å²) in [6.45, 7) is 35.4. The lowest BCUT2D eigenvalue weighted by molar-refractivity contribution is 0.546. The second-order valence-corrected chi connectivity index (χ2v) is 25.2. The molecule has 266 valence electrons. The van der Waals surface area contributed by atoms with Crippen LogP contribution in [-0.4, -0.2) is 37.5 Å². The van der Waals surface area contributed by atoms with Crippen LogP contribution in [0.5, 0.6) is 0 Å². The van der Waals surface area contributed by atoms with Gasteiger partial charge < -0.3 is 0 Å². The summed E-state index contributed by atoms with van der Waals surface area (Å²) in [6.07, 6.45) is 0. The van der Waals surface area contributed by atoms with Crippen molar-refractivity contribution in [3.05, 3.63) is 69.8 Å². The van der Waals surface area contributed by atoms with Crippen molar-refractivity contribution in [1.29, 1.82) is 0 Å². The molecule has 0 saturated heterocycles. The zero-order valence-corrected chi connectivity index (χ0v) is 34.6. The molecule has 6 nitrogen and oxygen atoms in total. The third kappa shape index (κ3) is 10.6. The number of nitrogens with one attached hydrogen (secondary N) is 2. The van der Waals surface area contributed by atoms with E-state index in [1.807, 2.05) is 79.7 Å². The van der Waals surface area contributed by atoms with Gasteiger partial charge in [-0.15, -0.1) is 0 Å². The fourth-order valence-electron chi connectivity index (χ4n) is 5.98. The molecule has 0 bridgehead atoms. The Balaban J connectivity index is 2.73. The number of hydrogen-bond donors (Lipinski definition) is 2. The van der Waals surface area contributed by atoms with Crippen LogP contribution in [0.2, 0.25) is 25.7 Å². The quantitative estimate of drug-likeness (QED) is 0.134. The highest BCUT2D eigenvalue weighted by atomic mass is 32.2. The highest BCUT2D eigenvalue weighted by Crippen LogP contribution is 2.37. The normalized spacial score (nSPS) is 14.0. The Kier molecular flexibility index (Phi) is 13.9. The number of benzene rings is 2. The Bertz CT molecular complexity index is 1570. The predicted molar refractivity (Wildman–Crippen MR) is 204 cm³/mol. The molecule has 2 rings (SSSR count). The summed E-state index contributed by atoms with van der Waals surface area (Å²) in [5.41, 5.74) is 6.00. The van der Waals surface area contributed by atoms with Crippen molar-refractivity contribution in [2.75, 3.05) is 6.54 Å². The second kappa shape index (κ2) is 15.8. The van der Waals surface area contributed by atoms with Crippen LogP contribution in [0.4, 0.5) is 0 Å². The van der Waals surface area contributed by atoms with Gasteiger partial charge in [0, 0.05) is 14.6 Å². The molecule has 2 N–H and O–H groups in total. The van der Waals surface area contributed by atoms with E-state index in [1.54, 1.807) is 0 Å². The van der Waals surface area contributed by atoms with Gasteiger partial charge in [-0.2, -0.15) is 0 Å². The van der Waals surface area contributed by atoms with E-state index >= 15 is 0 Å². The van der Waals surface area contributed by atoms with Crippen LogP contribution in [0.15, 0.2) is 46.2 Å². The molecule has 0 amide bonds. The van der Waals surface area contributed by atoms with Gasteiger partial charge in [0.1, 0.15) is 0 Å². The van der Waals surface area contributed by atoms with E-state index in [0.717, 1.165) is 33.4 Å². The van der Waals surface area contributed by atoms with Crippen molar-refractivity contribution >= 4 is 28.1 Å².